The van der Waals surface area contributed by atoms with Crippen LogP contribution in [0.25, 0.3) is 10.9 Å². The number of benzene rings is 1. The van der Waals surface area contributed by atoms with E-state index in [0.717, 1.165) is 29.4 Å². The third kappa shape index (κ3) is 2.90. The molecule has 1 fully saturated rings. The number of nitrogens with zero attached hydrogens (tertiary/aromatic N) is 3. The standard InChI is InChI=1S/C18H22N4/c1-22(2)15-9-7-14(8-10-15)21-18-13(11-19)12-20-17-6-4-3-5-16(17)18/h3-6,12,14-15H,7-10H2,1-2H3,(H,20,21). The highest BCUT2D eigenvalue weighted by Gasteiger charge is 2.23. The molecule has 1 aliphatic rings. The second-order valence-corrected chi connectivity index (χ2v) is 6.29. The minimum Gasteiger partial charge on any atom is -0.381 e. The smallest absolute Gasteiger partial charge is 0.103 e. The van der Waals surface area contributed by atoms with Gasteiger partial charge in [0.15, 0.2) is 0 Å². The van der Waals surface area contributed by atoms with Crippen molar-refractivity contribution < 1.29 is 0 Å². The minimum atomic E-state index is 0.439. The van der Waals surface area contributed by atoms with Gasteiger partial charge in [0.25, 0.3) is 0 Å². The van der Waals surface area contributed by atoms with Gasteiger partial charge in [0.1, 0.15) is 6.07 Å². The van der Waals surface area contributed by atoms with E-state index in [2.05, 4.69) is 35.4 Å². The Morgan fingerprint density at radius 3 is 2.59 bits per heavy atom. The van der Waals surface area contributed by atoms with Gasteiger partial charge in [0, 0.05) is 23.7 Å². The number of anilines is 1. The summed E-state index contributed by atoms with van der Waals surface area (Å²) >= 11 is 0. The first-order valence-corrected chi connectivity index (χ1v) is 7.90. The van der Waals surface area contributed by atoms with Gasteiger partial charge in [-0.25, -0.2) is 0 Å². The largest absolute Gasteiger partial charge is 0.381 e. The van der Waals surface area contributed by atoms with Crippen LogP contribution in [0.15, 0.2) is 30.5 Å². The maximum atomic E-state index is 9.39. The summed E-state index contributed by atoms with van der Waals surface area (Å²) in [5.74, 6) is 0. The van der Waals surface area contributed by atoms with Gasteiger partial charge in [-0.1, -0.05) is 18.2 Å². The average Bonchev–Trinajstić information content (AvgIpc) is 2.55. The van der Waals surface area contributed by atoms with E-state index in [-0.39, 0.29) is 0 Å². The summed E-state index contributed by atoms with van der Waals surface area (Å²) in [4.78, 5) is 6.69. The summed E-state index contributed by atoms with van der Waals surface area (Å²) < 4.78 is 0. The van der Waals surface area contributed by atoms with Crippen LogP contribution in [0.3, 0.4) is 0 Å². The molecule has 1 heterocycles. The number of nitrogens with one attached hydrogen (secondary N) is 1. The molecular formula is C18H22N4. The van der Waals surface area contributed by atoms with Crippen LogP contribution in [0.2, 0.25) is 0 Å². The topological polar surface area (TPSA) is 52.0 Å². The number of pyridine rings is 1. The van der Waals surface area contributed by atoms with Crippen LogP contribution in [0.1, 0.15) is 31.2 Å². The van der Waals surface area contributed by atoms with Crippen molar-refractivity contribution in [2.45, 2.75) is 37.8 Å². The molecule has 22 heavy (non-hydrogen) atoms. The summed E-state index contributed by atoms with van der Waals surface area (Å²) in [5, 5.41) is 14.0. The van der Waals surface area contributed by atoms with E-state index in [9.17, 15) is 5.26 Å². The van der Waals surface area contributed by atoms with Crippen molar-refractivity contribution in [3.05, 3.63) is 36.0 Å². The molecule has 0 spiro atoms. The van der Waals surface area contributed by atoms with Crippen LogP contribution < -0.4 is 5.32 Å². The van der Waals surface area contributed by atoms with Gasteiger partial charge in [-0.05, 0) is 45.8 Å². The molecule has 1 aromatic carbocycles. The third-order valence-electron chi connectivity index (χ3n) is 4.67. The molecule has 4 heteroatoms. The van der Waals surface area contributed by atoms with Gasteiger partial charge >= 0.3 is 0 Å². The van der Waals surface area contributed by atoms with Crippen molar-refractivity contribution in [3.8, 4) is 6.07 Å². The highest BCUT2D eigenvalue weighted by Crippen LogP contribution is 2.30. The summed E-state index contributed by atoms with van der Waals surface area (Å²) in [7, 11) is 4.31. The predicted molar refractivity (Wildman–Crippen MR) is 89.8 cm³/mol. The fraction of sp³-hybridized carbons (Fsp3) is 0.444. The van der Waals surface area contributed by atoms with Gasteiger partial charge < -0.3 is 10.2 Å². The Bertz CT molecular complexity index is 694. The Balaban J connectivity index is 1.84. The monoisotopic (exact) mass is 294 g/mol. The van der Waals surface area contributed by atoms with Gasteiger partial charge in [0.2, 0.25) is 0 Å². The van der Waals surface area contributed by atoms with E-state index < -0.39 is 0 Å². The Labute approximate surface area is 131 Å². The number of hydrogen-bond acceptors (Lipinski definition) is 4. The number of rotatable bonds is 3. The fourth-order valence-corrected chi connectivity index (χ4v) is 3.32. The number of nitriles is 1. The van der Waals surface area contributed by atoms with Crippen LogP contribution in [-0.4, -0.2) is 36.1 Å². The molecule has 0 saturated heterocycles. The molecular weight excluding hydrogens is 272 g/mol. The van der Waals surface area contributed by atoms with E-state index >= 15 is 0 Å². The van der Waals surface area contributed by atoms with E-state index in [1.54, 1.807) is 6.20 Å². The minimum absolute atomic E-state index is 0.439. The second kappa shape index (κ2) is 6.33. The van der Waals surface area contributed by atoms with Crippen LogP contribution in [-0.2, 0) is 0 Å². The maximum absolute atomic E-state index is 9.39. The van der Waals surface area contributed by atoms with Gasteiger partial charge in [-0.15, -0.1) is 0 Å². The molecule has 4 nitrogen and oxygen atoms in total. The number of para-hydroxylation sites is 1. The Kier molecular flexibility index (Phi) is 4.26. The number of hydrogen-bond donors (Lipinski definition) is 1. The molecule has 2 aromatic rings. The van der Waals surface area contributed by atoms with Gasteiger partial charge in [-0.2, -0.15) is 5.26 Å². The zero-order chi connectivity index (χ0) is 15.5. The lowest BCUT2D eigenvalue weighted by atomic mass is 9.90. The Morgan fingerprint density at radius 1 is 1.18 bits per heavy atom. The van der Waals surface area contributed by atoms with E-state index in [1.807, 2.05) is 24.3 Å². The Morgan fingerprint density at radius 2 is 1.91 bits per heavy atom. The molecule has 0 amide bonds. The molecule has 1 aliphatic carbocycles. The van der Waals surface area contributed by atoms with Crippen LogP contribution in [0.5, 0.6) is 0 Å². The lowest BCUT2D eigenvalue weighted by Crippen LogP contribution is -2.36. The molecule has 0 unspecified atom stereocenters. The zero-order valence-electron chi connectivity index (χ0n) is 13.2. The molecule has 1 N–H and O–H groups in total. The van der Waals surface area contributed by atoms with E-state index in [0.29, 0.717) is 17.6 Å². The fourth-order valence-electron chi connectivity index (χ4n) is 3.32. The third-order valence-corrected chi connectivity index (χ3v) is 4.67. The van der Waals surface area contributed by atoms with Gasteiger partial charge in [-0.3, -0.25) is 4.98 Å². The van der Waals surface area contributed by atoms with Crippen molar-refractivity contribution in [3.63, 3.8) is 0 Å². The van der Waals surface area contributed by atoms with Crippen molar-refractivity contribution in [2.24, 2.45) is 0 Å². The van der Waals surface area contributed by atoms with Crippen molar-refractivity contribution >= 4 is 16.6 Å². The Hall–Kier alpha value is -2.12. The molecule has 114 valence electrons. The van der Waals surface area contributed by atoms with Crippen molar-refractivity contribution in [2.75, 3.05) is 19.4 Å². The van der Waals surface area contributed by atoms with Crippen molar-refractivity contribution in [1.82, 2.24) is 9.88 Å². The first-order chi connectivity index (χ1) is 10.7. The van der Waals surface area contributed by atoms with Crippen LogP contribution >= 0.6 is 0 Å². The SMILES string of the molecule is CN(C)C1CCC(Nc2c(C#N)cnc3ccccc23)CC1. The molecule has 1 saturated carbocycles. The molecule has 1 aromatic heterocycles. The second-order valence-electron chi connectivity index (χ2n) is 6.29. The van der Waals surface area contributed by atoms with E-state index in [1.165, 1.54) is 12.8 Å². The first-order valence-electron chi connectivity index (χ1n) is 7.90. The first kappa shape index (κ1) is 14.8. The maximum Gasteiger partial charge on any atom is 0.103 e. The molecule has 0 aliphatic heterocycles. The lowest BCUT2D eigenvalue weighted by molar-refractivity contribution is 0.221. The number of fused-ring (bicyclic) bond motifs is 1. The van der Waals surface area contributed by atoms with Gasteiger partial charge in [0.05, 0.1) is 16.8 Å². The summed E-state index contributed by atoms with van der Waals surface area (Å²) in [6.45, 7) is 0. The predicted octanol–water partition coefficient (Wildman–Crippen LogP) is 3.39. The highest BCUT2D eigenvalue weighted by molar-refractivity contribution is 5.93. The quantitative estimate of drug-likeness (QED) is 0.942. The van der Waals surface area contributed by atoms with Crippen LogP contribution in [0.4, 0.5) is 5.69 Å². The summed E-state index contributed by atoms with van der Waals surface area (Å²) in [5.41, 5.74) is 2.51. The van der Waals surface area contributed by atoms with Crippen molar-refractivity contribution in [1.29, 1.82) is 5.26 Å². The lowest BCUT2D eigenvalue weighted by Gasteiger charge is -2.33. The summed E-state index contributed by atoms with van der Waals surface area (Å²) in [6, 6.07) is 11.4. The highest BCUT2D eigenvalue weighted by atomic mass is 15.1. The molecule has 0 atom stereocenters. The summed E-state index contributed by atoms with van der Waals surface area (Å²) in [6.07, 6.45) is 6.37. The number of aromatic nitrogens is 1. The zero-order valence-corrected chi connectivity index (χ0v) is 13.2. The molecule has 3 rings (SSSR count). The van der Waals surface area contributed by atoms with Crippen LogP contribution in [0, 0.1) is 11.3 Å². The molecule has 0 radical (unpaired) electrons. The van der Waals surface area contributed by atoms with E-state index in [4.69, 9.17) is 0 Å². The molecule has 0 bridgehead atoms. The normalized spacial score (nSPS) is 21.7. The average molecular weight is 294 g/mol.